The molecule has 0 aromatic carbocycles. The van der Waals surface area contributed by atoms with E-state index < -0.39 is 0 Å². The molecule has 0 aromatic rings. The zero-order valence-electron chi connectivity index (χ0n) is 18.8. The van der Waals surface area contributed by atoms with E-state index in [0.717, 1.165) is 32.0 Å². The van der Waals surface area contributed by atoms with Crippen LogP contribution in [0.25, 0.3) is 0 Å². The van der Waals surface area contributed by atoms with Crippen LogP contribution in [0.5, 0.6) is 0 Å². The molecule has 28 heavy (non-hydrogen) atoms. The molecule has 164 valence electrons. The van der Waals surface area contributed by atoms with Crippen molar-refractivity contribution in [2.75, 3.05) is 18.6 Å². The van der Waals surface area contributed by atoms with Crippen LogP contribution in [0.2, 0.25) is 0 Å². The molecule has 4 nitrogen and oxygen atoms in total. The third-order valence-corrected chi connectivity index (χ3v) is 7.33. The normalized spacial score (nSPS) is 18.9. The van der Waals surface area contributed by atoms with Crippen LogP contribution >= 0.6 is 11.8 Å². The van der Waals surface area contributed by atoms with Gasteiger partial charge in [-0.2, -0.15) is 11.8 Å². The number of ether oxygens (including phenoxy) is 2. The van der Waals surface area contributed by atoms with Crippen molar-refractivity contribution in [1.29, 1.82) is 0 Å². The number of aldehydes is 1. The molecule has 1 rings (SSSR count). The van der Waals surface area contributed by atoms with Crippen molar-refractivity contribution >= 4 is 24.0 Å². The maximum atomic E-state index is 11.3. The molecule has 0 N–H and O–H groups in total. The number of cyclic esters (lactones) is 1. The van der Waals surface area contributed by atoms with Gasteiger partial charge in [-0.05, 0) is 55.4 Å². The molecule has 1 heterocycles. The van der Waals surface area contributed by atoms with E-state index in [1.165, 1.54) is 37.2 Å². The molecule has 1 fully saturated rings. The van der Waals surface area contributed by atoms with Gasteiger partial charge in [0.2, 0.25) is 0 Å². The lowest BCUT2D eigenvalue weighted by Gasteiger charge is -2.33. The Morgan fingerprint density at radius 2 is 1.79 bits per heavy atom. The minimum atomic E-state index is -0.0302. The number of carbonyl (C=O) groups is 2. The van der Waals surface area contributed by atoms with Crippen LogP contribution < -0.4 is 0 Å². The van der Waals surface area contributed by atoms with Crippen molar-refractivity contribution in [3.8, 4) is 0 Å². The molecular formula is C23H42O4S. The molecule has 0 aromatic heterocycles. The van der Waals surface area contributed by atoms with Crippen LogP contribution in [0.4, 0.5) is 0 Å². The molecule has 1 saturated heterocycles. The van der Waals surface area contributed by atoms with Gasteiger partial charge in [0, 0.05) is 25.4 Å². The van der Waals surface area contributed by atoms with Gasteiger partial charge in [0.15, 0.2) is 0 Å². The lowest BCUT2D eigenvalue weighted by molar-refractivity contribution is -0.145. The van der Waals surface area contributed by atoms with Crippen molar-refractivity contribution in [2.24, 2.45) is 10.8 Å². The van der Waals surface area contributed by atoms with Crippen molar-refractivity contribution in [3.05, 3.63) is 0 Å². The minimum Gasteiger partial charge on any atom is -0.462 e. The van der Waals surface area contributed by atoms with Crippen LogP contribution in [0.1, 0.15) is 91.9 Å². The van der Waals surface area contributed by atoms with Gasteiger partial charge in [-0.25, -0.2) is 0 Å². The first-order valence-electron chi connectivity index (χ1n) is 11.0. The highest BCUT2D eigenvalue weighted by atomic mass is 32.2. The van der Waals surface area contributed by atoms with Crippen molar-refractivity contribution in [2.45, 2.75) is 104 Å². The molecule has 1 aliphatic heterocycles. The SMILES string of the molecule is COC(CCC=O)C(C)(C)CCCCSCCCCC(C)(C)C1CCC(=O)O1. The number of methoxy groups -OCH3 is 1. The molecule has 0 aliphatic carbocycles. The molecule has 0 spiro atoms. The molecule has 0 radical (unpaired) electrons. The van der Waals surface area contributed by atoms with Gasteiger partial charge in [0.1, 0.15) is 12.4 Å². The summed E-state index contributed by atoms with van der Waals surface area (Å²) in [5.74, 6) is 2.40. The molecule has 0 amide bonds. The summed E-state index contributed by atoms with van der Waals surface area (Å²) < 4.78 is 11.1. The fraction of sp³-hybridized carbons (Fsp3) is 0.913. The van der Waals surface area contributed by atoms with Gasteiger partial charge in [-0.15, -0.1) is 0 Å². The highest BCUT2D eigenvalue weighted by Gasteiger charge is 2.36. The molecular weight excluding hydrogens is 372 g/mol. The summed E-state index contributed by atoms with van der Waals surface area (Å²) in [6.45, 7) is 8.96. The van der Waals surface area contributed by atoms with E-state index in [0.29, 0.717) is 12.8 Å². The number of rotatable bonds is 16. The highest BCUT2D eigenvalue weighted by molar-refractivity contribution is 7.99. The topological polar surface area (TPSA) is 52.6 Å². The molecule has 0 bridgehead atoms. The first-order chi connectivity index (χ1) is 13.2. The Morgan fingerprint density at radius 3 is 2.32 bits per heavy atom. The summed E-state index contributed by atoms with van der Waals surface area (Å²) in [7, 11) is 1.76. The summed E-state index contributed by atoms with van der Waals surface area (Å²) >= 11 is 2.05. The number of unbranched alkanes of at least 4 members (excludes halogenated alkanes) is 2. The molecule has 5 heteroatoms. The lowest BCUT2D eigenvalue weighted by Crippen LogP contribution is -2.31. The fourth-order valence-corrected chi connectivity index (χ4v) is 5.14. The zero-order chi connectivity index (χ0) is 21.0. The minimum absolute atomic E-state index is 0.0302. The quantitative estimate of drug-likeness (QED) is 0.181. The van der Waals surface area contributed by atoms with Crippen LogP contribution in [0.15, 0.2) is 0 Å². The highest BCUT2D eigenvalue weighted by Crippen LogP contribution is 2.36. The molecule has 2 unspecified atom stereocenters. The second-order valence-corrected chi connectivity index (χ2v) is 10.7. The predicted molar refractivity (Wildman–Crippen MR) is 118 cm³/mol. The summed E-state index contributed by atoms with van der Waals surface area (Å²) in [6, 6.07) is 0. The maximum absolute atomic E-state index is 11.3. The molecule has 1 aliphatic rings. The second-order valence-electron chi connectivity index (χ2n) is 9.49. The number of hydrogen-bond acceptors (Lipinski definition) is 5. The monoisotopic (exact) mass is 414 g/mol. The second kappa shape index (κ2) is 12.9. The molecule has 0 saturated carbocycles. The predicted octanol–water partition coefficient (Wildman–Crippen LogP) is 5.81. The number of esters is 1. The lowest BCUT2D eigenvalue weighted by atomic mass is 9.79. The van der Waals surface area contributed by atoms with Crippen molar-refractivity contribution in [1.82, 2.24) is 0 Å². The Morgan fingerprint density at radius 1 is 1.14 bits per heavy atom. The average Bonchev–Trinajstić information content (AvgIpc) is 3.08. The van der Waals surface area contributed by atoms with Gasteiger partial charge in [-0.3, -0.25) is 4.79 Å². The summed E-state index contributed by atoms with van der Waals surface area (Å²) in [5.41, 5.74) is 0.224. The van der Waals surface area contributed by atoms with E-state index >= 15 is 0 Å². The summed E-state index contributed by atoms with van der Waals surface area (Å²) in [4.78, 5) is 21.9. The average molecular weight is 415 g/mol. The number of carbonyl (C=O) groups excluding carboxylic acids is 2. The Balaban J connectivity index is 2.06. The van der Waals surface area contributed by atoms with Crippen LogP contribution in [-0.4, -0.2) is 43.1 Å². The largest absolute Gasteiger partial charge is 0.462 e. The first kappa shape index (κ1) is 25.5. The Bertz CT molecular complexity index is 462. The van der Waals surface area contributed by atoms with E-state index in [9.17, 15) is 9.59 Å². The van der Waals surface area contributed by atoms with Crippen LogP contribution in [0, 0.1) is 10.8 Å². The van der Waals surface area contributed by atoms with Gasteiger partial charge < -0.3 is 14.3 Å². The Labute approximate surface area is 176 Å². The van der Waals surface area contributed by atoms with Crippen LogP contribution in [0.3, 0.4) is 0 Å². The first-order valence-corrected chi connectivity index (χ1v) is 12.1. The van der Waals surface area contributed by atoms with Gasteiger partial charge in [0.25, 0.3) is 0 Å². The van der Waals surface area contributed by atoms with E-state index in [4.69, 9.17) is 9.47 Å². The van der Waals surface area contributed by atoms with E-state index in [1.54, 1.807) is 7.11 Å². The summed E-state index contributed by atoms with van der Waals surface area (Å²) in [6.07, 6.45) is 11.3. The third-order valence-electron chi connectivity index (χ3n) is 6.18. The van der Waals surface area contributed by atoms with Crippen LogP contribution in [-0.2, 0) is 19.1 Å². The van der Waals surface area contributed by atoms with E-state index in [-0.39, 0.29) is 29.0 Å². The van der Waals surface area contributed by atoms with E-state index in [1.807, 2.05) is 0 Å². The van der Waals surface area contributed by atoms with Crippen molar-refractivity contribution in [3.63, 3.8) is 0 Å². The zero-order valence-corrected chi connectivity index (χ0v) is 19.6. The van der Waals surface area contributed by atoms with Gasteiger partial charge in [-0.1, -0.05) is 40.5 Å². The van der Waals surface area contributed by atoms with Gasteiger partial charge in [0.05, 0.1) is 6.10 Å². The maximum Gasteiger partial charge on any atom is 0.306 e. The smallest absolute Gasteiger partial charge is 0.306 e. The van der Waals surface area contributed by atoms with Gasteiger partial charge >= 0.3 is 5.97 Å². The number of thioether (sulfide) groups is 1. The van der Waals surface area contributed by atoms with E-state index in [2.05, 4.69) is 39.5 Å². The van der Waals surface area contributed by atoms with Crippen molar-refractivity contribution < 1.29 is 19.1 Å². The number of hydrogen-bond donors (Lipinski definition) is 0. The molecule has 2 atom stereocenters. The summed E-state index contributed by atoms with van der Waals surface area (Å²) in [5, 5.41) is 0. The Hall–Kier alpha value is -0.550. The fourth-order valence-electron chi connectivity index (χ4n) is 4.12. The Kier molecular flexibility index (Phi) is 11.7. The standard InChI is InChI=1S/C23H42O4S/c1-22(2,19(26-5)11-10-16-24)14-6-8-17-28-18-9-7-15-23(3,4)20-12-13-21(25)27-20/h16,19-20H,6-15,17-18H2,1-5H3. The third kappa shape index (κ3) is 9.30.